The van der Waals surface area contributed by atoms with Crippen molar-refractivity contribution in [3.8, 4) is 0 Å². The third-order valence-electron chi connectivity index (χ3n) is 3.49. The molecular weight excluding hydrogens is 298 g/mol. The van der Waals surface area contributed by atoms with E-state index in [1.165, 1.54) is 12.1 Å². The SMILES string of the molecule is CCS(=O)(=O)c1ccccc1C(=O)N[C@H](C)c1ccccc1. The van der Waals surface area contributed by atoms with E-state index in [4.69, 9.17) is 0 Å². The molecule has 0 fully saturated rings. The van der Waals surface area contributed by atoms with E-state index >= 15 is 0 Å². The molecule has 0 heterocycles. The fraction of sp³-hybridized carbons (Fsp3) is 0.235. The summed E-state index contributed by atoms with van der Waals surface area (Å²) < 4.78 is 24.2. The number of benzene rings is 2. The minimum atomic E-state index is -3.44. The van der Waals surface area contributed by atoms with Gasteiger partial charge in [-0.05, 0) is 24.6 Å². The van der Waals surface area contributed by atoms with Crippen molar-refractivity contribution in [3.05, 3.63) is 65.7 Å². The zero-order chi connectivity index (χ0) is 16.2. The van der Waals surface area contributed by atoms with E-state index in [-0.39, 0.29) is 28.2 Å². The molecule has 2 rings (SSSR count). The van der Waals surface area contributed by atoms with Crippen molar-refractivity contribution in [2.24, 2.45) is 0 Å². The Labute approximate surface area is 131 Å². The van der Waals surface area contributed by atoms with E-state index in [1.54, 1.807) is 19.1 Å². The maximum absolute atomic E-state index is 12.4. The quantitative estimate of drug-likeness (QED) is 0.922. The van der Waals surface area contributed by atoms with E-state index in [2.05, 4.69) is 5.32 Å². The predicted molar refractivity (Wildman–Crippen MR) is 86.5 cm³/mol. The number of rotatable bonds is 5. The lowest BCUT2D eigenvalue weighted by atomic mass is 10.1. The number of carbonyl (C=O) groups excluding carboxylic acids is 1. The molecule has 0 unspecified atom stereocenters. The Morgan fingerprint density at radius 1 is 1.05 bits per heavy atom. The van der Waals surface area contributed by atoms with E-state index in [1.807, 2.05) is 37.3 Å². The van der Waals surface area contributed by atoms with Gasteiger partial charge in [0.05, 0.1) is 22.3 Å². The molecule has 1 amide bonds. The molecule has 2 aromatic carbocycles. The van der Waals surface area contributed by atoms with Gasteiger partial charge in [0.2, 0.25) is 0 Å². The van der Waals surface area contributed by atoms with E-state index in [9.17, 15) is 13.2 Å². The summed E-state index contributed by atoms with van der Waals surface area (Å²) in [5.74, 6) is -0.421. The van der Waals surface area contributed by atoms with Crippen LogP contribution in [0.5, 0.6) is 0 Å². The minimum absolute atomic E-state index is 0.0362. The van der Waals surface area contributed by atoms with E-state index in [0.29, 0.717) is 0 Å². The summed E-state index contributed by atoms with van der Waals surface area (Å²) in [5.41, 5.74) is 1.15. The highest BCUT2D eigenvalue weighted by atomic mass is 32.2. The van der Waals surface area contributed by atoms with Gasteiger partial charge in [-0.1, -0.05) is 49.4 Å². The van der Waals surface area contributed by atoms with E-state index in [0.717, 1.165) is 5.56 Å². The van der Waals surface area contributed by atoms with Crippen molar-refractivity contribution < 1.29 is 13.2 Å². The van der Waals surface area contributed by atoms with Gasteiger partial charge in [-0.3, -0.25) is 4.79 Å². The monoisotopic (exact) mass is 317 g/mol. The number of nitrogens with one attached hydrogen (secondary N) is 1. The molecule has 0 aliphatic rings. The van der Waals surface area contributed by atoms with Gasteiger partial charge in [0.1, 0.15) is 0 Å². The first-order valence-electron chi connectivity index (χ1n) is 7.13. The largest absolute Gasteiger partial charge is 0.345 e. The van der Waals surface area contributed by atoms with Gasteiger partial charge in [0.15, 0.2) is 9.84 Å². The standard InChI is InChI=1S/C17H19NO3S/c1-3-22(20,21)16-12-8-7-11-15(16)17(19)18-13(2)14-9-5-4-6-10-14/h4-13H,3H2,1-2H3,(H,18,19)/t13-/m1/s1. The third-order valence-corrected chi connectivity index (χ3v) is 5.28. The summed E-state index contributed by atoms with van der Waals surface area (Å²) in [4.78, 5) is 12.5. The average Bonchev–Trinajstić information content (AvgIpc) is 2.55. The Bertz CT molecular complexity index is 754. The summed E-state index contributed by atoms with van der Waals surface area (Å²) >= 11 is 0. The fourth-order valence-electron chi connectivity index (χ4n) is 2.18. The molecule has 0 bridgehead atoms. The maximum atomic E-state index is 12.4. The molecule has 0 aliphatic carbocycles. The van der Waals surface area contributed by atoms with Crippen LogP contribution in [-0.4, -0.2) is 20.1 Å². The first kappa shape index (κ1) is 16.2. The first-order chi connectivity index (χ1) is 10.5. The van der Waals surface area contributed by atoms with Gasteiger partial charge in [0, 0.05) is 0 Å². The second-order valence-electron chi connectivity index (χ2n) is 5.01. The lowest BCUT2D eigenvalue weighted by molar-refractivity contribution is 0.0936. The predicted octanol–water partition coefficient (Wildman–Crippen LogP) is 2.97. The van der Waals surface area contributed by atoms with Gasteiger partial charge in [-0.25, -0.2) is 8.42 Å². The highest BCUT2D eigenvalue weighted by Gasteiger charge is 2.21. The number of amides is 1. The molecule has 0 saturated heterocycles. The molecule has 0 radical (unpaired) electrons. The fourth-order valence-corrected chi connectivity index (χ4v) is 3.27. The topological polar surface area (TPSA) is 63.2 Å². The Morgan fingerprint density at radius 2 is 1.64 bits per heavy atom. The van der Waals surface area contributed by atoms with Crippen LogP contribution in [0.1, 0.15) is 35.8 Å². The second-order valence-corrected chi connectivity index (χ2v) is 7.25. The van der Waals surface area contributed by atoms with Gasteiger partial charge < -0.3 is 5.32 Å². The van der Waals surface area contributed by atoms with Crippen LogP contribution < -0.4 is 5.32 Å². The van der Waals surface area contributed by atoms with Crippen LogP contribution in [0.15, 0.2) is 59.5 Å². The van der Waals surface area contributed by atoms with Gasteiger partial charge in [0.25, 0.3) is 5.91 Å². The van der Waals surface area contributed by atoms with Crippen molar-refractivity contribution in [1.82, 2.24) is 5.32 Å². The molecule has 22 heavy (non-hydrogen) atoms. The van der Waals surface area contributed by atoms with Gasteiger partial charge >= 0.3 is 0 Å². The Morgan fingerprint density at radius 3 is 2.27 bits per heavy atom. The number of sulfone groups is 1. The molecule has 2 aromatic rings. The minimum Gasteiger partial charge on any atom is -0.345 e. The molecular formula is C17H19NO3S. The third kappa shape index (κ3) is 3.54. The average molecular weight is 317 g/mol. The van der Waals surface area contributed by atoms with Crippen LogP contribution in [0.25, 0.3) is 0 Å². The molecule has 1 atom stereocenters. The highest BCUT2D eigenvalue weighted by Crippen LogP contribution is 2.19. The molecule has 5 heteroatoms. The molecule has 0 aliphatic heterocycles. The second kappa shape index (κ2) is 6.75. The highest BCUT2D eigenvalue weighted by molar-refractivity contribution is 7.91. The molecule has 0 aromatic heterocycles. The van der Waals surface area contributed by atoms with Crippen molar-refractivity contribution in [3.63, 3.8) is 0 Å². The van der Waals surface area contributed by atoms with Crippen LogP contribution in [0.3, 0.4) is 0 Å². The van der Waals surface area contributed by atoms with Crippen molar-refractivity contribution in [2.45, 2.75) is 24.8 Å². The van der Waals surface area contributed by atoms with Gasteiger partial charge in [-0.2, -0.15) is 0 Å². The molecule has 116 valence electrons. The molecule has 0 spiro atoms. The number of carbonyl (C=O) groups is 1. The van der Waals surface area contributed by atoms with Crippen molar-refractivity contribution >= 4 is 15.7 Å². The smallest absolute Gasteiger partial charge is 0.253 e. The van der Waals surface area contributed by atoms with Crippen LogP contribution in [0, 0.1) is 0 Å². The van der Waals surface area contributed by atoms with Crippen molar-refractivity contribution in [1.29, 1.82) is 0 Å². The molecule has 1 N–H and O–H groups in total. The van der Waals surface area contributed by atoms with Crippen molar-refractivity contribution in [2.75, 3.05) is 5.75 Å². The van der Waals surface area contributed by atoms with Crippen LogP contribution in [0.4, 0.5) is 0 Å². The normalized spacial score (nSPS) is 12.6. The first-order valence-corrected chi connectivity index (χ1v) is 8.78. The number of hydrogen-bond donors (Lipinski definition) is 1. The Hall–Kier alpha value is -2.14. The van der Waals surface area contributed by atoms with Crippen LogP contribution in [-0.2, 0) is 9.84 Å². The summed E-state index contributed by atoms with van der Waals surface area (Å²) in [6.45, 7) is 3.43. The van der Waals surface area contributed by atoms with E-state index < -0.39 is 9.84 Å². The Kier molecular flexibility index (Phi) is 4.98. The lowest BCUT2D eigenvalue weighted by Gasteiger charge is -2.16. The summed E-state index contributed by atoms with van der Waals surface area (Å²) in [5, 5.41) is 2.85. The lowest BCUT2D eigenvalue weighted by Crippen LogP contribution is -2.28. The van der Waals surface area contributed by atoms with Crippen LogP contribution >= 0.6 is 0 Å². The number of hydrogen-bond acceptors (Lipinski definition) is 3. The molecule has 4 nitrogen and oxygen atoms in total. The van der Waals surface area contributed by atoms with Gasteiger partial charge in [-0.15, -0.1) is 0 Å². The van der Waals surface area contributed by atoms with Crippen LogP contribution in [0.2, 0.25) is 0 Å². The maximum Gasteiger partial charge on any atom is 0.253 e. The zero-order valence-electron chi connectivity index (χ0n) is 12.6. The Balaban J connectivity index is 2.28. The summed E-state index contributed by atoms with van der Waals surface area (Å²) in [7, 11) is -3.44. The summed E-state index contributed by atoms with van der Waals surface area (Å²) in [6.07, 6.45) is 0. The molecule has 0 saturated carbocycles. The summed E-state index contributed by atoms with van der Waals surface area (Å²) in [6, 6.07) is 15.6. The zero-order valence-corrected chi connectivity index (χ0v) is 13.4.